The molecule has 11 heteroatoms. The maximum atomic E-state index is 9.14. The van der Waals surface area contributed by atoms with Crippen LogP contribution in [0.5, 0.6) is 0 Å². The van der Waals surface area contributed by atoms with Gasteiger partial charge in [0.05, 0.1) is 81.7 Å². The van der Waals surface area contributed by atoms with Crippen LogP contribution in [-0.4, -0.2) is 127 Å². The van der Waals surface area contributed by atoms with Gasteiger partial charge >= 0.3 is 0 Å². The summed E-state index contributed by atoms with van der Waals surface area (Å²) in [6.45, 7) is 23.2. The van der Waals surface area contributed by atoms with E-state index in [0.717, 1.165) is 52.3 Å². The molecule has 0 rings (SSSR count). The van der Waals surface area contributed by atoms with Crippen LogP contribution >= 0.6 is 7.82 Å². The molecule has 0 atom stereocenters. The number of rotatable bonds is 12. The van der Waals surface area contributed by atoms with Crippen molar-refractivity contribution in [2.45, 2.75) is 98.2 Å². The molecular weight excluding hydrogens is 509 g/mol. The zero-order valence-corrected chi connectivity index (χ0v) is 28.5. The molecule has 0 spiro atoms. The van der Waals surface area contributed by atoms with Crippen molar-refractivity contribution in [2.24, 2.45) is 0 Å². The first-order chi connectivity index (χ1) is 16.6. The van der Waals surface area contributed by atoms with Crippen molar-refractivity contribution in [1.82, 2.24) is 0 Å². The maximum Gasteiger partial charge on any atom is 0.116 e. The molecule has 0 amide bonds. The Bertz CT molecular complexity index is 567. The molecule has 38 heavy (non-hydrogen) atoms. The van der Waals surface area contributed by atoms with Crippen LogP contribution in [-0.2, 0) is 4.57 Å². The quantitative estimate of drug-likeness (QED) is 0.231. The summed E-state index contributed by atoms with van der Waals surface area (Å²) in [5, 5.41) is 27.4. The van der Waals surface area contributed by atoms with Crippen LogP contribution in [0.25, 0.3) is 0 Å². The fourth-order valence-electron chi connectivity index (χ4n) is 3.16. The molecule has 0 heterocycles. The number of hydrogen-bond acceptors (Lipinski definition) is 7. The SMILES string of the molecule is CCC[N+](C)(C)C(C)(C)CO.CCC[N+](C)(C)C(C)(C)CO.CCC[N+](C)(C)C(C)(C)CO.O=P([O-])([O-])[O-]. The van der Waals surface area contributed by atoms with E-state index in [0.29, 0.717) is 0 Å². The van der Waals surface area contributed by atoms with Gasteiger partial charge < -0.3 is 48.0 Å². The molecule has 0 aromatic carbocycles. The van der Waals surface area contributed by atoms with Gasteiger partial charge in [0.2, 0.25) is 0 Å². The molecule has 0 saturated carbocycles. The lowest BCUT2D eigenvalue weighted by atomic mass is 10.0. The molecule has 0 bridgehead atoms. The monoisotopic (exact) mass is 575 g/mol. The van der Waals surface area contributed by atoms with Gasteiger partial charge in [-0.25, -0.2) is 0 Å². The first-order valence-corrected chi connectivity index (χ1v) is 15.1. The van der Waals surface area contributed by atoms with Gasteiger partial charge in [-0.1, -0.05) is 20.8 Å². The number of aliphatic hydroxyl groups excluding tert-OH is 3. The van der Waals surface area contributed by atoms with E-state index in [-0.39, 0.29) is 36.4 Å². The molecule has 0 aliphatic carbocycles. The van der Waals surface area contributed by atoms with Gasteiger partial charge in [-0.3, -0.25) is 0 Å². The number of aliphatic hydroxyl groups is 3. The van der Waals surface area contributed by atoms with Crippen molar-refractivity contribution >= 4 is 7.82 Å². The van der Waals surface area contributed by atoms with Gasteiger partial charge in [0, 0.05) is 0 Å². The molecule has 0 aliphatic rings. The van der Waals surface area contributed by atoms with Gasteiger partial charge in [-0.15, -0.1) is 0 Å². The molecule has 0 radical (unpaired) electrons. The maximum absolute atomic E-state index is 9.14. The second-order valence-electron chi connectivity index (χ2n) is 13.6. The highest BCUT2D eigenvalue weighted by Crippen LogP contribution is 2.21. The first kappa shape index (κ1) is 44.9. The van der Waals surface area contributed by atoms with Crippen LogP contribution in [0.4, 0.5) is 0 Å². The number of quaternary nitrogens is 3. The zero-order chi connectivity index (χ0) is 31.9. The summed E-state index contributed by atoms with van der Waals surface area (Å²) in [5.41, 5.74) is -0.0535. The molecule has 236 valence electrons. The van der Waals surface area contributed by atoms with Gasteiger partial charge in [0.15, 0.2) is 0 Å². The molecule has 0 fully saturated rings. The summed E-state index contributed by atoms with van der Waals surface area (Å²) in [6.07, 6.45) is 3.49. The van der Waals surface area contributed by atoms with Crippen molar-refractivity contribution in [3.63, 3.8) is 0 Å². The summed E-state index contributed by atoms with van der Waals surface area (Å²) in [5.74, 6) is 0. The van der Waals surface area contributed by atoms with E-state index >= 15 is 0 Å². The Kier molecular flexibility index (Phi) is 21.6. The number of phosphoric acid groups is 1. The topological polar surface area (TPSA) is 147 Å². The van der Waals surface area contributed by atoms with E-state index < -0.39 is 7.82 Å². The molecule has 0 aromatic rings. The van der Waals surface area contributed by atoms with E-state index in [1.54, 1.807) is 0 Å². The third-order valence-electron chi connectivity index (χ3n) is 8.42. The van der Waals surface area contributed by atoms with Crippen LogP contribution in [0.1, 0.15) is 81.6 Å². The minimum atomic E-state index is -5.39. The molecule has 0 saturated heterocycles. The summed E-state index contributed by atoms with van der Waals surface area (Å²) < 4.78 is 11.2. The van der Waals surface area contributed by atoms with Crippen LogP contribution in [0.3, 0.4) is 0 Å². The zero-order valence-electron chi connectivity index (χ0n) is 27.6. The minimum Gasteiger partial charge on any atom is -0.822 e. The van der Waals surface area contributed by atoms with Crippen LogP contribution in [0, 0.1) is 0 Å². The average molecular weight is 576 g/mol. The predicted molar refractivity (Wildman–Crippen MR) is 153 cm³/mol. The standard InChI is InChI=1S/3C9H22NO.H3O4P/c3*1-6-7-10(4,5)9(2,3)8-11;1-5(2,3)4/h3*11H,6-8H2,1-5H3;(H3,1,2,3,4)/q3*+1;/p-3. The first-order valence-electron chi connectivity index (χ1n) is 13.7. The van der Waals surface area contributed by atoms with E-state index in [4.69, 9.17) is 34.6 Å². The van der Waals surface area contributed by atoms with Crippen molar-refractivity contribution in [2.75, 3.05) is 81.7 Å². The normalized spacial score (nSPS) is 13.4. The third-order valence-corrected chi connectivity index (χ3v) is 8.42. The second-order valence-corrected chi connectivity index (χ2v) is 14.5. The molecule has 0 unspecified atom stereocenters. The minimum absolute atomic E-state index is 0.0178. The highest BCUT2D eigenvalue weighted by molar-refractivity contribution is 7.40. The molecule has 0 aliphatic heterocycles. The lowest BCUT2D eigenvalue weighted by molar-refractivity contribution is -0.938. The van der Waals surface area contributed by atoms with Crippen LogP contribution < -0.4 is 14.7 Å². The smallest absolute Gasteiger partial charge is 0.116 e. The second kappa shape index (κ2) is 18.3. The fraction of sp³-hybridized carbons (Fsp3) is 1.00. The molecular formula is C27H66N3O7P. The highest BCUT2D eigenvalue weighted by Gasteiger charge is 2.36. The van der Waals surface area contributed by atoms with E-state index in [1.165, 1.54) is 0 Å². The summed E-state index contributed by atoms with van der Waals surface area (Å²) >= 11 is 0. The average Bonchev–Trinajstić information content (AvgIpc) is 2.73. The molecule has 3 N–H and O–H groups in total. The Morgan fingerprint density at radius 2 is 0.658 bits per heavy atom. The van der Waals surface area contributed by atoms with Gasteiger partial charge in [0.1, 0.15) is 16.6 Å². The Morgan fingerprint density at radius 1 is 0.526 bits per heavy atom. The van der Waals surface area contributed by atoms with Crippen molar-refractivity contribution < 1.29 is 48.0 Å². The largest absolute Gasteiger partial charge is 0.822 e. The summed E-state index contributed by atoms with van der Waals surface area (Å²) in [7, 11) is 7.61. The fourth-order valence-corrected chi connectivity index (χ4v) is 3.16. The number of likely N-dealkylation sites (N-methyl/N-ethyl adjacent to an activating group) is 3. The Balaban J connectivity index is -0.000000209. The molecule has 10 nitrogen and oxygen atoms in total. The van der Waals surface area contributed by atoms with Crippen molar-refractivity contribution in [3.8, 4) is 0 Å². The third kappa shape index (κ3) is 19.0. The van der Waals surface area contributed by atoms with E-state index in [9.17, 15) is 0 Å². The summed E-state index contributed by atoms with van der Waals surface area (Å²) in [4.78, 5) is 25.6. The Morgan fingerprint density at radius 3 is 0.737 bits per heavy atom. The van der Waals surface area contributed by atoms with Crippen molar-refractivity contribution in [1.29, 1.82) is 0 Å². The van der Waals surface area contributed by atoms with Gasteiger partial charge in [-0.2, -0.15) is 7.82 Å². The number of hydrogen-bond donors (Lipinski definition) is 3. The predicted octanol–water partition coefficient (Wildman–Crippen LogP) is 0.907. The van der Waals surface area contributed by atoms with Crippen molar-refractivity contribution in [3.05, 3.63) is 0 Å². The number of nitrogens with zero attached hydrogens (tertiary/aromatic N) is 3. The van der Waals surface area contributed by atoms with E-state index in [1.807, 2.05) is 0 Å². The Labute approximate surface area is 235 Å². The van der Waals surface area contributed by atoms with Crippen LogP contribution in [0.2, 0.25) is 0 Å². The van der Waals surface area contributed by atoms with Crippen LogP contribution in [0.15, 0.2) is 0 Å². The Hall–Kier alpha value is -0.130. The lowest BCUT2D eigenvalue weighted by Gasteiger charge is -2.43. The summed E-state index contributed by atoms with van der Waals surface area (Å²) in [6, 6.07) is 0. The lowest BCUT2D eigenvalue weighted by Crippen LogP contribution is -2.58. The van der Waals surface area contributed by atoms with Gasteiger partial charge in [0.25, 0.3) is 0 Å². The molecule has 0 aromatic heterocycles. The van der Waals surface area contributed by atoms with Gasteiger partial charge in [-0.05, 0) is 60.8 Å². The highest BCUT2D eigenvalue weighted by atomic mass is 31.2. The van der Waals surface area contributed by atoms with E-state index in [2.05, 4.69) is 105 Å².